The summed E-state index contributed by atoms with van der Waals surface area (Å²) >= 11 is 0. The van der Waals surface area contributed by atoms with Crippen LogP contribution in [0.5, 0.6) is 0 Å². The summed E-state index contributed by atoms with van der Waals surface area (Å²) in [5, 5.41) is 3.41. The maximum absolute atomic E-state index is 12.3. The molecule has 2 fully saturated rings. The van der Waals surface area contributed by atoms with Crippen LogP contribution in [-0.2, 0) is 11.2 Å². The average molecular weight is 244 g/mol. The fraction of sp³-hybridized carbons (Fsp3) is 0.533. The third kappa shape index (κ3) is 2.56. The number of nitrogens with zero attached hydrogens (tertiary/aromatic N) is 1. The summed E-state index contributed by atoms with van der Waals surface area (Å²) in [6.45, 7) is 2.73. The molecular weight excluding hydrogens is 224 g/mol. The van der Waals surface area contributed by atoms with Gasteiger partial charge in [-0.3, -0.25) is 4.79 Å². The normalized spacial score (nSPS) is 24.0. The number of benzene rings is 1. The first kappa shape index (κ1) is 11.7. The number of piperazine rings is 1. The van der Waals surface area contributed by atoms with Gasteiger partial charge in [-0.2, -0.15) is 0 Å². The Kier molecular flexibility index (Phi) is 3.33. The van der Waals surface area contributed by atoms with E-state index >= 15 is 0 Å². The quantitative estimate of drug-likeness (QED) is 0.872. The van der Waals surface area contributed by atoms with Crippen molar-refractivity contribution < 1.29 is 4.79 Å². The summed E-state index contributed by atoms with van der Waals surface area (Å²) < 4.78 is 0. The van der Waals surface area contributed by atoms with Gasteiger partial charge in [0.1, 0.15) is 0 Å². The van der Waals surface area contributed by atoms with Crippen LogP contribution in [0.2, 0.25) is 0 Å². The van der Waals surface area contributed by atoms with Gasteiger partial charge in [-0.05, 0) is 24.8 Å². The van der Waals surface area contributed by atoms with Crippen molar-refractivity contribution in [2.45, 2.75) is 25.3 Å². The van der Waals surface area contributed by atoms with Crippen LogP contribution in [0.3, 0.4) is 0 Å². The van der Waals surface area contributed by atoms with E-state index in [4.69, 9.17) is 0 Å². The molecule has 0 spiro atoms. The molecule has 1 amide bonds. The van der Waals surface area contributed by atoms with Gasteiger partial charge in [-0.1, -0.05) is 30.3 Å². The topological polar surface area (TPSA) is 32.3 Å². The average Bonchev–Trinajstić information content (AvgIpc) is 3.24. The Balaban J connectivity index is 1.69. The molecule has 0 aromatic heterocycles. The minimum absolute atomic E-state index is 0.328. The third-order valence-corrected chi connectivity index (χ3v) is 3.87. The number of rotatable bonds is 3. The Morgan fingerprint density at radius 1 is 1.28 bits per heavy atom. The van der Waals surface area contributed by atoms with Crippen LogP contribution in [-0.4, -0.2) is 36.5 Å². The molecule has 1 aliphatic heterocycles. The molecule has 1 N–H and O–H groups in total. The van der Waals surface area contributed by atoms with E-state index in [9.17, 15) is 4.79 Å². The Morgan fingerprint density at radius 3 is 2.78 bits per heavy atom. The van der Waals surface area contributed by atoms with Crippen LogP contribution in [0.4, 0.5) is 0 Å². The highest BCUT2D eigenvalue weighted by molar-refractivity contribution is 5.81. The van der Waals surface area contributed by atoms with E-state index in [-0.39, 0.29) is 0 Å². The number of carbonyl (C=O) groups excluding carboxylic acids is 1. The Morgan fingerprint density at radius 2 is 2.06 bits per heavy atom. The zero-order valence-corrected chi connectivity index (χ0v) is 10.6. The lowest BCUT2D eigenvalue weighted by atomic mass is 10.0. The highest BCUT2D eigenvalue weighted by atomic mass is 16.2. The molecule has 1 saturated carbocycles. The summed E-state index contributed by atoms with van der Waals surface area (Å²) in [4.78, 5) is 14.4. The minimum Gasteiger partial charge on any atom is -0.337 e. The SMILES string of the molecule is O=C(C1CC1)N1CCNCC1Cc1ccccc1. The van der Waals surface area contributed by atoms with E-state index in [1.165, 1.54) is 5.56 Å². The second-order valence-electron chi connectivity index (χ2n) is 5.35. The first-order chi connectivity index (χ1) is 8.84. The van der Waals surface area contributed by atoms with E-state index in [0.717, 1.165) is 38.9 Å². The van der Waals surface area contributed by atoms with E-state index < -0.39 is 0 Å². The van der Waals surface area contributed by atoms with Gasteiger partial charge in [0.2, 0.25) is 5.91 Å². The summed E-state index contributed by atoms with van der Waals surface area (Å²) in [7, 11) is 0. The molecule has 1 saturated heterocycles. The molecule has 1 aromatic rings. The number of carbonyl (C=O) groups is 1. The monoisotopic (exact) mass is 244 g/mol. The number of amides is 1. The van der Waals surface area contributed by atoms with Gasteiger partial charge < -0.3 is 10.2 Å². The number of nitrogens with one attached hydrogen (secondary N) is 1. The lowest BCUT2D eigenvalue weighted by Crippen LogP contribution is -2.54. The summed E-state index contributed by atoms with van der Waals surface area (Å²) in [5.41, 5.74) is 1.32. The van der Waals surface area contributed by atoms with Crippen molar-refractivity contribution >= 4 is 5.91 Å². The van der Waals surface area contributed by atoms with Gasteiger partial charge in [0.05, 0.1) is 0 Å². The van der Waals surface area contributed by atoms with Crippen LogP contribution < -0.4 is 5.32 Å². The summed E-state index contributed by atoms with van der Waals surface area (Å²) in [5.74, 6) is 0.721. The number of hydrogen-bond donors (Lipinski definition) is 1. The van der Waals surface area contributed by atoms with E-state index in [1.54, 1.807) is 0 Å². The van der Waals surface area contributed by atoms with Gasteiger partial charge in [0.25, 0.3) is 0 Å². The molecule has 1 unspecified atom stereocenters. The fourth-order valence-electron chi connectivity index (χ4n) is 2.68. The number of hydrogen-bond acceptors (Lipinski definition) is 2. The minimum atomic E-state index is 0.328. The largest absolute Gasteiger partial charge is 0.337 e. The molecule has 96 valence electrons. The lowest BCUT2D eigenvalue weighted by molar-refractivity contribution is -0.135. The third-order valence-electron chi connectivity index (χ3n) is 3.87. The fourth-order valence-corrected chi connectivity index (χ4v) is 2.68. The molecule has 1 aliphatic carbocycles. The summed E-state index contributed by atoms with van der Waals surface area (Å²) in [6, 6.07) is 10.8. The molecule has 3 heteroatoms. The molecule has 1 heterocycles. The standard InChI is InChI=1S/C15H20N2O/c18-15(13-6-7-13)17-9-8-16-11-14(17)10-12-4-2-1-3-5-12/h1-5,13-14,16H,6-11H2. The Bertz CT molecular complexity index is 414. The van der Waals surface area contributed by atoms with Gasteiger partial charge in [0, 0.05) is 31.6 Å². The lowest BCUT2D eigenvalue weighted by Gasteiger charge is -2.36. The van der Waals surface area contributed by atoms with Crippen molar-refractivity contribution in [2.24, 2.45) is 5.92 Å². The van der Waals surface area contributed by atoms with Gasteiger partial charge >= 0.3 is 0 Å². The first-order valence-electron chi connectivity index (χ1n) is 6.90. The van der Waals surface area contributed by atoms with Crippen molar-refractivity contribution in [1.29, 1.82) is 0 Å². The van der Waals surface area contributed by atoms with Crippen LogP contribution >= 0.6 is 0 Å². The maximum Gasteiger partial charge on any atom is 0.226 e. The van der Waals surface area contributed by atoms with Crippen LogP contribution in [0.15, 0.2) is 30.3 Å². The molecule has 1 aromatic carbocycles. The van der Waals surface area contributed by atoms with Crippen molar-refractivity contribution in [3.05, 3.63) is 35.9 Å². The zero-order chi connectivity index (χ0) is 12.4. The molecule has 0 bridgehead atoms. The van der Waals surface area contributed by atoms with Gasteiger partial charge in [-0.25, -0.2) is 0 Å². The van der Waals surface area contributed by atoms with Crippen LogP contribution in [0.1, 0.15) is 18.4 Å². The zero-order valence-electron chi connectivity index (χ0n) is 10.6. The second-order valence-corrected chi connectivity index (χ2v) is 5.35. The second kappa shape index (κ2) is 5.11. The van der Waals surface area contributed by atoms with Crippen molar-refractivity contribution in [3.8, 4) is 0 Å². The maximum atomic E-state index is 12.3. The molecule has 18 heavy (non-hydrogen) atoms. The molecule has 1 atom stereocenters. The predicted octanol–water partition coefficient (Wildman–Crippen LogP) is 1.44. The van der Waals surface area contributed by atoms with Crippen LogP contribution in [0, 0.1) is 5.92 Å². The van der Waals surface area contributed by atoms with Gasteiger partial charge in [-0.15, -0.1) is 0 Å². The summed E-state index contributed by atoms with van der Waals surface area (Å²) in [6.07, 6.45) is 3.16. The molecule has 0 radical (unpaired) electrons. The van der Waals surface area contributed by atoms with Crippen LogP contribution in [0.25, 0.3) is 0 Å². The molecule has 3 nitrogen and oxygen atoms in total. The smallest absolute Gasteiger partial charge is 0.226 e. The Labute approximate surface area is 108 Å². The van der Waals surface area contributed by atoms with E-state index in [0.29, 0.717) is 17.9 Å². The Hall–Kier alpha value is -1.35. The molecule has 2 aliphatic rings. The predicted molar refractivity (Wildman–Crippen MR) is 71.2 cm³/mol. The van der Waals surface area contributed by atoms with Crippen molar-refractivity contribution in [3.63, 3.8) is 0 Å². The molecular formula is C15H20N2O. The van der Waals surface area contributed by atoms with Gasteiger partial charge in [0.15, 0.2) is 0 Å². The first-order valence-corrected chi connectivity index (χ1v) is 6.90. The van der Waals surface area contributed by atoms with Crippen molar-refractivity contribution in [2.75, 3.05) is 19.6 Å². The highest BCUT2D eigenvalue weighted by Crippen LogP contribution is 2.32. The van der Waals surface area contributed by atoms with E-state index in [1.807, 2.05) is 6.07 Å². The highest BCUT2D eigenvalue weighted by Gasteiger charge is 2.37. The van der Waals surface area contributed by atoms with Crippen molar-refractivity contribution in [1.82, 2.24) is 10.2 Å². The molecule has 3 rings (SSSR count). The van der Waals surface area contributed by atoms with E-state index in [2.05, 4.69) is 34.5 Å².